The molecule has 0 aromatic carbocycles. The second-order valence-corrected chi connectivity index (χ2v) is 6.74. The van der Waals surface area contributed by atoms with E-state index in [4.69, 9.17) is 5.73 Å². The number of hydrogen-bond donors (Lipinski definition) is 1. The Bertz CT molecular complexity index is 429. The van der Waals surface area contributed by atoms with Crippen molar-refractivity contribution in [1.29, 1.82) is 0 Å². The number of hydrogen-bond acceptors (Lipinski definition) is 3. The third-order valence-electron chi connectivity index (χ3n) is 5.06. The van der Waals surface area contributed by atoms with Gasteiger partial charge in [0.2, 0.25) is 0 Å². The molecule has 1 aromatic heterocycles. The number of fused-ring (bicyclic) bond motifs is 1. The summed E-state index contributed by atoms with van der Waals surface area (Å²) in [4.78, 5) is 7.10. The van der Waals surface area contributed by atoms with E-state index < -0.39 is 0 Å². The van der Waals surface area contributed by atoms with E-state index in [1.165, 1.54) is 25.1 Å². The number of nitrogens with two attached hydrogens (primary N) is 1. The van der Waals surface area contributed by atoms with E-state index in [1.54, 1.807) is 0 Å². The maximum atomic E-state index is 6.22. The molecule has 0 saturated heterocycles. The molecule has 2 atom stereocenters. The fourth-order valence-electron chi connectivity index (χ4n) is 4.37. The molecule has 1 saturated carbocycles. The Hall–Kier alpha value is -0.870. The van der Waals surface area contributed by atoms with Gasteiger partial charge >= 0.3 is 0 Å². The highest BCUT2D eigenvalue weighted by atomic mass is 15.3. The highest BCUT2D eigenvalue weighted by Gasteiger charge is 2.42. The fourth-order valence-corrected chi connectivity index (χ4v) is 4.37. The van der Waals surface area contributed by atoms with Crippen LogP contribution >= 0.6 is 0 Å². The summed E-state index contributed by atoms with van der Waals surface area (Å²) in [7, 11) is 0. The maximum Gasteiger partial charge on any atom is 0.122 e. The third kappa shape index (κ3) is 2.32. The van der Waals surface area contributed by atoms with Crippen LogP contribution in [0.3, 0.4) is 0 Å². The van der Waals surface area contributed by atoms with Gasteiger partial charge < -0.3 is 10.3 Å². The first-order valence-electron chi connectivity index (χ1n) is 7.58. The van der Waals surface area contributed by atoms with Crippen LogP contribution in [0.2, 0.25) is 0 Å². The number of imidazole rings is 1. The van der Waals surface area contributed by atoms with Gasteiger partial charge in [-0.15, -0.1) is 0 Å². The van der Waals surface area contributed by atoms with Gasteiger partial charge in [-0.25, -0.2) is 4.98 Å². The van der Waals surface area contributed by atoms with Gasteiger partial charge in [-0.2, -0.15) is 0 Å². The van der Waals surface area contributed by atoms with Crippen LogP contribution in [0.15, 0.2) is 12.4 Å². The van der Waals surface area contributed by atoms with Gasteiger partial charge in [0, 0.05) is 37.6 Å². The zero-order valence-corrected chi connectivity index (χ0v) is 12.2. The predicted octanol–water partition coefficient (Wildman–Crippen LogP) is 1.85. The average Bonchev–Trinajstić information content (AvgIpc) is 2.84. The van der Waals surface area contributed by atoms with E-state index in [0.717, 1.165) is 38.0 Å². The van der Waals surface area contributed by atoms with E-state index in [1.807, 2.05) is 6.20 Å². The van der Waals surface area contributed by atoms with E-state index >= 15 is 0 Å². The molecule has 2 aliphatic rings. The topological polar surface area (TPSA) is 47.1 Å². The molecule has 1 aromatic rings. The second kappa shape index (κ2) is 4.91. The summed E-state index contributed by atoms with van der Waals surface area (Å²) in [6.07, 6.45) is 7.85. The molecule has 0 spiro atoms. The second-order valence-electron chi connectivity index (χ2n) is 6.74. The van der Waals surface area contributed by atoms with Gasteiger partial charge in [-0.1, -0.05) is 13.8 Å². The monoisotopic (exact) mass is 262 g/mol. The summed E-state index contributed by atoms with van der Waals surface area (Å²) < 4.78 is 2.27. The molecule has 0 radical (unpaired) electrons. The van der Waals surface area contributed by atoms with Crippen molar-refractivity contribution in [3.05, 3.63) is 18.2 Å². The van der Waals surface area contributed by atoms with Crippen molar-refractivity contribution in [2.75, 3.05) is 13.1 Å². The Morgan fingerprint density at radius 1 is 1.32 bits per heavy atom. The Morgan fingerprint density at radius 3 is 2.74 bits per heavy atom. The molecule has 1 aliphatic heterocycles. The highest BCUT2D eigenvalue weighted by Crippen LogP contribution is 2.40. The minimum absolute atomic E-state index is 0.203. The Balaban J connectivity index is 1.83. The first-order chi connectivity index (χ1) is 9.13. The summed E-state index contributed by atoms with van der Waals surface area (Å²) in [5.41, 5.74) is 6.42. The number of nitrogens with zero attached hydrogens (tertiary/aromatic N) is 3. The van der Waals surface area contributed by atoms with Gasteiger partial charge in [-0.05, 0) is 31.1 Å². The number of aromatic nitrogens is 2. The van der Waals surface area contributed by atoms with Crippen LogP contribution in [-0.2, 0) is 13.1 Å². The molecule has 1 aliphatic carbocycles. The SMILES string of the molecule is CC1CC(C)CC(CN)(N2CCn3ccnc3C2)C1. The van der Waals surface area contributed by atoms with Gasteiger partial charge in [0.05, 0.1) is 6.54 Å². The lowest BCUT2D eigenvalue weighted by atomic mass is 9.70. The van der Waals surface area contributed by atoms with Crippen molar-refractivity contribution < 1.29 is 0 Å². The average molecular weight is 262 g/mol. The molecule has 2 unspecified atom stereocenters. The summed E-state index contributed by atoms with van der Waals surface area (Å²) in [5.74, 6) is 2.77. The molecule has 2 N–H and O–H groups in total. The summed E-state index contributed by atoms with van der Waals surface area (Å²) in [6, 6.07) is 0. The highest BCUT2D eigenvalue weighted by molar-refractivity contribution is 5.03. The lowest BCUT2D eigenvalue weighted by molar-refractivity contribution is 0.00000768. The van der Waals surface area contributed by atoms with Crippen LogP contribution in [-0.4, -0.2) is 33.1 Å². The molecule has 4 heteroatoms. The maximum absolute atomic E-state index is 6.22. The van der Waals surface area contributed by atoms with Gasteiger partial charge in [0.1, 0.15) is 5.82 Å². The normalized spacial score (nSPS) is 36.2. The minimum Gasteiger partial charge on any atom is -0.333 e. The molecule has 2 heterocycles. The van der Waals surface area contributed by atoms with E-state index in [0.29, 0.717) is 0 Å². The van der Waals surface area contributed by atoms with Gasteiger partial charge in [-0.3, -0.25) is 4.90 Å². The minimum atomic E-state index is 0.203. The van der Waals surface area contributed by atoms with Crippen molar-refractivity contribution in [1.82, 2.24) is 14.5 Å². The van der Waals surface area contributed by atoms with Crippen molar-refractivity contribution in [2.45, 2.75) is 51.7 Å². The zero-order chi connectivity index (χ0) is 13.5. The third-order valence-corrected chi connectivity index (χ3v) is 5.06. The number of rotatable bonds is 2. The van der Waals surface area contributed by atoms with Crippen LogP contribution in [0.5, 0.6) is 0 Å². The lowest BCUT2D eigenvalue weighted by Gasteiger charge is -2.50. The summed E-state index contributed by atoms with van der Waals surface area (Å²) in [5, 5.41) is 0. The van der Waals surface area contributed by atoms with Gasteiger partial charge in [0.25, 0.3) is 0 Å². The van der Waals surface area contributed by atoms with Crippen LogP contribution < -0.4 is 5.73 Å². The first kappa shape index (κ1) is 13.1. The zero-order valence-electron chi connectivity index (χ0n) is 12.2. The molecule has 19 heavy (non-hydrogen) atoms. The Labute approximate surface area is 116 Å². The van der Waals surface area contributed by atoms with E-state index in [-0.39, 0.29) is 5.54 Å². The van der Waals surface area contributed by atoms with Crippen LogP contribution in [0.4, 0.5) is 0 Å². The van der Waals surface area contributed by atoms with Crippen LogP contribution in [0.25, 0.3) is 0 Å². The quantitative estimate of drug-likeness (QED) is 0.885. The first-order valence-corrected chi connectivity index (χ1v) is 7.58. The molecular formula is C15H26N4. The summed E-state index contributed by atoms with van der Waals surface area (Å²) in [6.45, 7) is 8.67. The molecule has 1 fully saturated rings. The molecule has 0 amide bonds. The van der Waals surface area contributed by atoms with E-state index in [9.17, 15) is 0 Å². The van der Waals surface area contributed by atoms with Crippen LogP contribution in [0.1, 0.15) is 38.9 Å². The van der Waals surface area contributed by atoms with Crippen molar-refractivity contribution >= 4 is 0 Å². The van der Waals surface area contributed by atoms with Crippen molar-refractivity contribution in [2.24, 2.45) is 17.6 Å². The van der Waals surface area contributed by atoms with Crippen molar-refractivity contribution in [3.63, 3.8) is 0 Å². The van der Waals surface area contributed by atoms with E-state index in [2.05, 4.69) is 34.5 Å². The van der Waals surface area contributed by atoms with Crippen LogP contribution in [0, 0.1) is 11.8 Å². The smallest absolute Gasteiger partial charge is 0.122 e. The van der Waals surface area contributed by atoms with Crippen molar-refractivity contribution in [3.8, 4) is 0 Å². The Kier molecular flexibility index (Phi) is 3.39. The predicted molar refractivity (Wildman–Crippen MR) is 76.6 cm³/mol. The summed E-state index contributed by atoms with van der Waals surface area (Å²) >= 11 is 0. The van der Waals surface area contributed by atoms with Gasteiger partial charge in [0.15, 0.2) is 0 Å². The standard InChI is InChI=1S/C15H26N4/c1-12-7-13(2)9-15(8-12,11-16)19-6-5-18-4-3-17-14(18)10-19/h3-4,12-13H,5-11,16H2,1-2H3. The molecule has 106 valence electrons. The largest absolute Gasteiger partial charge is 0.333 e. The molecule has 0 bridgehead atoms. The lowest BCUT2D eigenvalue weighted by Crippen LogP contribution is -2.59. The fraction of sp³-hybridized carbons (Fsp3) is 0.800. The molecule has 4 nitrogen and oxygen atoms in total. The Morgan fingerprint density at radius 2 is 2.05 bits per heavy atom. The molecule has 3 rings (SSSR count). The molecular weight excluding hydrogens is 236 g/mol.